The Kier molecular flexibility index (Phi) is 5.40. The maximum Gasteiger partial charge on any atom is 0.196 e. The van der Waals surface area contributed by atoms with E-state index in [2.05, 4.69) is 67.0 Å². The number of morpholine rings is 1. The zero-order valence-corrected chi connectivity index (χ0v) is 21.2. The number of hydrogen-bond donors (Lipinski definition) is 2. The summed E-state index contributed by atoms with van der Waals surface area (Å²) >= 11 is 1.61. The van der Waals surface area contributed by atoms with Crippen LogP contribution in [0.1, 0.15) is 29.5 Å². The summed E-state index contributed by atoms with van der Waals surface area (Å²) in [4.78, 5) is 10.0. The lowest BCUT2D eigenvalue weighted by molar-refractivity contribution is 0.122. The Bertz CT molecular complexity index is 1610. The van der Waals surface area contributed by atoms with Crippen LogP contribution in [0.4, 0.5) is 5.69 Å². The topological polar surface area (TPSA) is 92.1 Å². The van der Waals surface area contributed by atoms with Crippen molar-refractivity contribution < 1.29 is 9.84 Å². The van der Waals surface area contributed by atoms with Crippen molar-refractivity contribution in [1.29, 1.82) is 0 Å². The molecule has 0 radical (unpaired) electrons. The lowest BCUT2D eigenvalue weighted by Crippen LogP contribution is -2.37. The van der Waals surface area contributed by atoms with Gasteiger partial charge in [0.1, 0.15) is 5.75 Å². The number of H-pyrrole nitrogens is 1. The fourth-order valence-electron chi connectivity index (χ4n) is 5.41. The second kappa shape index (κ2) is 8.93. The monoisotopic (exact) mass is 510 g/mol. The molecule has 5 heterocycles. The van der Waals surface area contributed by atoms with E-state index >= 15 is 0 Å². The average molecular weight is 511 g/mol. The van der Waals surface area contributed by atoms with Crippen molar-refractivity contribution in [2.24, 2.45) is 0 Å². The van der Waals surface area contributed by atoms with Crippen LogP contribution < -0.4 is 4.90 Å². The number of pyridine rings is 1. The van der Waals surface area contributed by atoms with E-state index < -0.39 is 0 Å². The number of ether oxygens (including phenoxy) is 1. The highest BCUT2D eigenvalue weighted by Crippen LogP contribution is 2.43. The Morgan fingerprint density at radius 2 is 2.00 bits per heavy atom. The van der Waals surface area contributed by atoms with E-state index in [-0.39, 0.29) is 11.7 Å². The van der Waals surface area contributed by atoms with Gasteiger partial charge in [0.2, 0.25) is 0 Å². The zero-order valence-electron chi connectivity index (χ0n) is 20.4. The third kappa shape index (κ3) is 3.77. The molecule has 3 aromatic heterocycles. The number of aromatic amines is 1. The van der Waals surface area contributed by atoms with Crippen molar-refractivity contribution in [3.63, 3.8) is 0 Å². The summed E-state index contributed by atoms with van der Waals surface area (Å²) in [5, 5.41) is 22.0. The van der Waals surface area contributed by atoms with E-state index in [9.17, 15) is 5.11 Å². The number of phenolic OH excluding ortho intramolecular Hbond substituents is 1. The summed E-state index contributed by atoms with van der Waals surface area (Å²) in [5.41, 5.74) is 7.34. The molecule has 8 nitrogen and oxygen atoms in total. The summed E-state index contributed by atoms with van der Waals surface area (Å²) in [6, 6.07) is 14.5. The second-order valence-corrected chi connectivity index (χ2v) is 10.5. The molecule has 37 heavy (non-hydrogen) atoms. The molecule has 2 aliphatic heterocycles. The molecular weight excluding hydrogens is 484 g/mol. The number of benzene rings is 2. The predicted molar refractivity (Wildman–Crippen MR) is 145 cm³/mol. The minimum atomic E-state index is 0.133. The minimum absolute atomic E-state index is 0.133. The zero-order chi connectivity index (χ0) is 24.9. The molecule has 2 aliphatic rings. The van der Waals surface area contributed by atoms with Gasteiger partial charge in [-0.15, -0.1) is 10.2 Å². The molecular formula is C28H26N6O2S. The van der Waals surface area contributed by atoms with Gasteiger partial charge in [-0.25, -0.2) is 0 Å². The molecule has 0 amide bonds. The normalized spacial score (nSPS) is 16.8. The number of anilines is 1. The number of aromatic hydroxyl groups is 1. The van der Waals surface area contributed by atoms with Crippen LogP contribution in [-0.4, -0.2) is 56.1 Å². The molecule has 1 atom stereocenters. The number of nitrogens with zero attached hydrogens (tertiary/aromatic N) is 5. The quantitative estimate of drug-likeness (QED) is 0.325. The first-order valence-electron chi connectivity index (χ1n) is 12.5. The number of aromatic nitrogens is 5. The molecule has 7 rings (SSSR count). The molecule has 1 unspecified atom stereocenters. The van der Waals surface area contributed by atoms with Crippen molar-refractivity contribution in [2.45, 2.75) is 23.8 Å². The Labute approximate surface area is 218 Å². The fraction of sp³-hybridized carbons (Fsp3) is 0.250. The van der Waals surface area contributed by atoms with Gasteiger partial charge in [-0.05, 0) is 47.0 Å². The van der Waals surface area contributed by atoms with E-state index in [1.807, 2.05) is 18.3 Å². The van der Waals surface area contributed by atoms with Gasteiger partial charge < -0.3 is 19.7 Å². The highest BCUT2D eigenvalue weighted by atomic mass is 32.2. The Hall–Kier alpha value is -3.82. The molecule has 5 aromatic rings. The summed E-state index contributed by atoms with van der Waals surface area (Å²) in [7, 11) is 0. The lowest BCUT2D eigenvalue weighted by atomic mass is 9.89. The number of phenols is 1. The number of hydrogen-bond acceptors (Lipinski definition) is 7. The van der Waals surface area contributed by atoms with E-state index in [0.29, 0.717) is 17.1 Å². The highest BCUT2D eigenvalue weighted by molar-refractivity contribution is 7.98. The largest absolute Gasteiger partial charge is 0.507 e. The Balaban J connectivity index is 1.44. The number of thioether (sulfide) groups is 1. The lowest BCUT2D eigenvalue weighted by Gasteiger charge is -2.32. The maximum absolute atomic E-state index is 11.0. The molecule has 2 aromatic carbocycles. The van der Waals surface area contributed by atoms with Crippen molar-refractivity contribution in [3.8, 4) is 22.8 Å². The predicted octanol–water partition coefficient (Wildman–Crippen LogP) is 5.11. The minimum Gasteiger partial charge on any atom is -0.507 e. The van der Waals surface area contributed by atoms with Gasteiger partial charge in [0.25, 0.3) is 0 Å². The first-order chi connectivity index (χ1) is 18.2. The standard InChI is InChI=1S/C28H26N6O2S/c1-17-20-11-19(4-5-25(20)33-7-9-36-10-8-33)34-27(22-12-21-23(17)15-30-24(21)13-26(22)35)31-32-28(34)37-16-18-3-2-6-29-14-18/h2-6,11-15,17,30,35H,7-10,16H2,1H3. The SMILES string of the molecule is CC1c2cc(ccc2N2CCOCC2)-n2c(SCc3cccnc3)nnc2-c2cc3c1c[nH]c3cc2O. The molecule has 0 aliphatic carbocycles. The molecule has 9 heteroatoms. The van der Waals surface area contributed by atoms with Gasteiger partial charge in [0, 0.05) is 66.0 Å². The first-order valence-corrected chi connectivity index (χ1v) is 13.4. The first kappa shape index (κ1) is 22.4. The van der Waals surface area contributed by atoms with Crippen LogP contribution in [0.25, 0.3) is 28.0 Å². The van der Waals surface area contributed by atoms with Crippen LogP contribution >= 0.6 is 11.8 Å². The summed E-state index contributed by atoms with van der Waals surface area (Å²) in [6.07, 6.45) is 5.72. The molecule has 1 fully saturated rings. The highest BCUT2D eigenvalue weighted by Gasteiger charge is 2.27. The molecule has 4 bridgehead atoms. The fourth-order valence-corrected chi connectivity index (χ4v) is 6.29. The van der Waals surface area contributed by atoms with Gasteiger partial charge in [-0.3, -0.25) is 9.55 Å². The summed E-state index contributed by atoms with van der Waals surface area (Å²) in [6.45, 7) is 5.46. The van der Waals surface area contributed by atoms with Crippen molar-refractivity contribution >= 4 is 28.4 Å². The van der Waals surface area contributed by atoms with Crippen LogP contribution in [0.15, 0.2) is 66.2 Å². The smallest absolute Gasteiger partial charge is 0.196 e. The van der Waals surface area contributed by atoms with Gasteiger partial charge in [-0.1, -0.05) is 24.8 Å². The van der Waals surface area contributed by atoms with Crippen molar-refractivity contribution in [2.75, 3.05) is 31.2 Å². The molecule has 186 valence electrons. The van der Waals surface area contributed by atoms with Crippen LogP contribution in [-0.2, 0) is 10.5 Å². The van der Waals surface area contributed by atoms with E-state index in [1.54, 1.807) is 24.0 Å². The number of rotatable bonds is 4. The van der Waals surface area contributed by atoms with Gasteiger partial charge in [0.15, 0.2) is 11.0 Å². The molecule has 0 spiro atoms. The maximum atomic E-state index is 11.0. The second-order valence-electron chi connectivity index (χ2n) is 9.51. The summed E-state index contributed by atoms with van der Waals surface area (Å²) in [5.74, 6) is 1.65. The van der Waals surface area contributed by atoms with E-state index in [0.717, 1.165) is 53.6 Å². The van der Waals surface area contributed by atoms with Crippen LogP contribution in [0.5, 0.6) is 5.75 Å². The van der Waals surface area contributed by atoms with E-state index in [1.165, 1.54) is 16.8 Å². The third-order valence-electron chi connectivity index (χ3n) is 7.35. The molecule has 0 saturated carbocycles. The molecule has 2 N–H and O–H groups in total. The van der Waals surface area contributed by atoms with Crippen LogP contribution in [0.2, 0.25) is 0 Å². The van der Waals surface area contributed by atoms with Crippen molar-refractivity contribution in [3.05, 3.63) is 77.7 Å². The Morgan fingerprint density at radius 3 is 2.84 bits per heavy atom. The third-order valence-corrected chi connectivity index (χ3v) is 8.35. The van der Waals surface area contributed by atoms with Crippen LogP contribution in [0, 0.1) is 0 Å². The van der Waals surface area contributed by atoms with Gasteiger partial charge in [-0.2, -0.15) is 0 Å². The molecule has 1 saturated heterocycles. The van der Waals surface area contributed by atoms with Gasteiger partial charge >= 0.3 is 0 Å². The van der Waals surface area contributed by atoms with Crippen LogP contribution in [0.3, 0.4) is 0 Å². The number of nitrogens with one attached hydrogen (secondary N) is 1. The van der Waals surface area contributed by atoms with Gasteiger partial charge in [0.05, 0.1) is 24.5 Å². The number of fused-ring (bicyclic) bond motifs is 6. The summed E-state index contributed by atoms with van der Waals surface area (Å²) < 4.78 is 7.70. The van der Waals surface area contributed by atoms with Crippen molar-refractivity contribution in [1.82, 2.24) is 24.7 Å². The van der Waals surface area contributed by atoms with E-state index in [4.69, 9.17) is 4.74 Å². The Morgan fingerprint density at radius 1 is 1.11 bits per heavy atom. The average Bonchev–Trinajstić information content (AvgIpc) is 3.55.